The summed E-state index contributed by atoms with van der Waals surface area (Å²) in [6.45, 7) is 0.170. The van der Waals surface area contributed by atoms with Gasteiger partial charge in [0, 0.05) is 16.7 Å². The van der Waals surface area contributed by atoms with Crippen molar-refractivity contribution in [3.63, 3.8) is 0 Å². The van der Waals surface area contributed by atoms with Crippen LogP contribution in [0.2, 0.25) is 0 Å². The van der Waals surface area contributed by atoms with Crippen LogP contribution in [-0.2, 0) is 6.54 Å². The van der Waals surface area contributed by atoms with E-state index in [0.29, 0.717) is 10.2 Å². The lowest BCUT2D eigenvalue weighted by Crippen LogP contribution is -2.22. The Morgan fingerprint density at radius 2 is 2.46 bits per heavy atom. The number of nitrogens with one attached hydrogen (secondary N) is 1. The van der Waals surface area contributed by atoms with Crippen molar-refractivity contribution in [2.45, 2.75) is 6.54 Å². The van der Waals surface area contributed by atoms with Gasteiger partial charge in [-0.2, -0.15) is 0 Å². The van der Waals surface area contributed by atoms with Crippen LogP contribution in [0.1, 0.15) is 5.69 Å². The van der Waals surface area contributed by atoms with Crippen LogP contribution in [0, 0.1) is 10.1 Å². The predicted molar refractivity (Wildman–Crippen MR) is 49.6 cm³/mol. The zero-order chi connectivity index (χ0) is 9.84. The molecule has 7 heteroatoms. The van der Waals surface area contributed by atoms with Gasteiger partial charge in [0.05, 0.1) is 11.5 Å². The molecule has 6 nitrogen and oxygen atoms in total. The summed E-state index contributed by atoms with van der Waals surface area (Å²) in [4.78, 5) is 13.9. The topological polar surface area (TPSA) is 94.1 Å². The molecule has 1 heterocycles. The van der Waals surface area contributed by atoms with Gasteiger partial charge in [0.25, 0.3) is 5.69 Å². The number of hydrazine groups is 1. The maximum atomic E-state index is 10.5. The summed E-state index contributed by atoms with van der Waals surface area (Å²) in [5, 5.41) is 10.5. The summed E-state index contributed by atoms with van der Waals surface area (Å²) in [5.41, 5.74) is 2.58. The Labute approximate surface area is 82.4 Å². The second-order valence-corrected chi connectivity index (χ2v) is 3.17. The maximum Gasteiger partial charge on any atom is 0.293 e. The molecule has 0 aliphatic heterocycles. The number of halogens is 1. The third-order valence-corrected chi connectivity index (χ3v) is 1.81. The SMILES string of the molecule is NNCc1ncc(Br)cc1[N+](=O)[O-]. The molecule has 0 amide bonds. The second-order valence-electron chi connectivity index (χ2n) is 2.26. The second kappa shape index (κ2) is 4.26. The van der Waals surface area contributed by atoms with Crippen LogP contribution in [0.4, 0.5) is 5.69 Å². The fraction of sp³-hybridized carbons (Fsp3) is 0.167. The number of nitrogens with zero attached hydrogens (tertiary/aromatic N) is 2. The van der Waals surface area contributed by atoms with E-state index in [-0.39, 0.29) is 12.2 Å². The molecule has 0 saturated carbocycles. The van der Waals surface area contributed by atoms with Crippen LogP contribution in [0.5, 0.6) is 0 Å². The minimum Gasteiger partial charge on any atom is -0.271 e. The number of aromatic nitrogens is 1. The standard InChI is InChI=1S/C6H7BrN4O2/c7-4-1-6(11(12)13)5(3-10-8)9-2-4/h1-2,10H,3,8H2. The lowest BCUT2D eigenvalue weighted by molar-refractivity contribution is -0.386. The zero-order valence-electron chi connectivity index (χ0n) is 6.53. The first kappa shape index (κ1) is 10.0. The third-order valence-electron chi connectivity index (χ3n) is 1.38. The van der Waals surface area contributed by atoms with Crippen LogP contribution in [0.15, 0.2) is 16.7 Å². The molecule has 0 bridgehead atoms. The lowest BCUT2D eigenvalue weighted by Gasteiger charge is -2.00. The molecule has 1 rings (SSSR count). The number of hydrogen-bond donors (Lipinski definition) is 2. The smallest absolute Gasteiger partial charge is 0.271 e. The molecule has 0 atom stereocenters. The summed E-state index contributed by atoms with van der Waals surface area (Å²) < 4.78 is 0.569. The van der Waals surface area contributed by atoms with E-state index < -0.39 is 4.92 Å². The van der Waals surface area contributed by atoms with Crippen molar-refractivity contribution in [1.82, 2.24) is 10.4 Å². The van der Waals surface area contributed by atoms with Gasteiger partial charge in [-0.15, -0.1) is 0 Å². The largest absolute Gasteiger partial charge is 0.293 e. The van der Waals surface area contributed by atoms with Crippen molar-refractivity contribution in [1.29, 1.82) is 0 Å². The van der Waals surface area contributed by atoms with Crippen LogP contribution < -0.4 is 11.3 Å². The highest BCUT2D eigenvalue weighted by atomic mass is 79.9. The molecule has 1 aromatic rings. The van der Waals surface area contributed by atoms with Gasteiger partial charge < -0.3 is 0 Å². The lowest BCUT2D eigenvalue weighted by atomic mass is 10.3. The molecular weight excluding hydrogens is 240 g/mol. The Hall–Kier alpha value is -1.05. The third kappa shape index (κ3) is 2.44. The van der Waals surface area contributed by atoms with Gasteiger partial charge in [0.1, 0.15) is 5.69 Å². The highest BCUT2D eigenvalue weighted by Gasteiger charge is 2.14. The molecule has 0 radical (unpaired) electrons. The minimum absolute atomic E-state index is 0.0488. The molecule has 1 aromatic heterocycles. The summed E-state index contributed by atoms with van der Waals surface area (Å²) in [7, 11) is 0. The predicted octanol–water partition coefficient (Wildman–Crippen LogP) is 0.716. The van der Waals surface area contributed by atoms with Crippen molar-refractivity contribution in [2.75, 3.05) is 0 Å². The summed E-state index contributed by atoms with van der Waals surface area (Å²) >= 11 is 3.10. The molecule has 70 valence electrons. The van der Waals surface area contributed by atoms with Crippen LogP contribution in [-0.4, -0.2) is 9.91 Å². The molecule has 0 unspecified atom stereocenters. The molecule has 0 saturated heterocycles. The summed E-state index contributed by atoms with van der Waals surface area (Å²) in [6.07, 6.45) is 1.49. The monoisotopic (exact) mass is 246 g/mol. The number of rotatable bonds is 3. The molecule has 0 spiro atoms. The van der Waals surface area contributed by atoms with Crippen molar-refractivity contribution in [3.05, 3.63) is 32.5 Å². The van der Waals surface area contributed by atoms with Crippen molar-refractivity contribution in [2.24, 2.45) is 5.84 Å². The van der Waals surface area contributed by atoms with Crippen LogP contribution in [0.3, 0.4) is 0 Å². The maximum absolute atomic E-state index is 10.5. The van der Waals surface area contributed by atoms with E-state index >= 15 is 0 Å². The molecule has 3 N–H and O–H groups in total. The van der Waals surface area contributed by atoms with Crippen LogP contribution >= 0.6 is 15.9 Å². The van der Waals surface area contributed by atoms with E-state index in [1.54, 1.807) is 0 Å². The first-order chi connectivity index (χ1) is 6.15. The fourth-order valence-electron chi connectivity index (χ4n) is 0.848. The Balaban J connectivity index is 3.10. The normalized spacial score (nSPS) is 10.0. The Morgan fingerprint density at radius 1 is 1.77 bits per heavy atom. The van der Waals surface area contributed by atoms with E-state index in [9.17, 15) is 10.1 Å². The Morgan fingerprint density at radius 3 is 3.00 bits per heavy atom. The highest BCUT2D eigenvalue weighted by Crippen LogP contribution is 2.20. The molecule has 0 fully saturated rings. The molecule has 13 heavy (non-hydrogen) atoms. The van der Waals surface area contributed by atoms with Gasteiger partial charge in [0.2, 0.25) is 0 Å². The van der Waals surface area contributed by atoms with Gasteiger partial charge >= 0.3 is 0 Å². The van der Waals surface area contributed by atoms with E-state index in [1.807, 2.05) is 0 Å². The first-order valence-electron chi connectivity index (χ1n) is 3.37. The minimum atomic E-state index is -0.496. The van der Waals surface area contributed by atoms with Crippen LogP contribution in [0.25, 0.3) is 0 Å². The van der Waals surface area contributed by atoms with Gasteiger partial charge in [-0.1, -0.05) is 0 Å². The fourth-order valence-corrected chi connectivity index (χ4v) is 1.17. The van der Waals surface area contributed by atoms with E-state index in [0.717, 1.165) is 0 Å². The van der Waals surface area contributed by atoms with Crippen molar-refractivity contribution in [3.8, 4) is 0 Å². The van der Waals surface area contributed by atoms with Gasteiger partial charge in [-0.25, -0.2) is 0 Å². The Bertz CT molecular complexity index is 330. The first-order valence-corrected chi connectivity index (χ1v) is 4.16. The number of nitrogens with two attached hydrogens (primary N) is 1. The summed E-state index contributed by atoms with van der Waals surface area (Å²) in [5.74, 6) is 5.04. The van der Waals surface area contributed by atoms with Crippen molar-refractivity contribution < 1.29 is 4.92 Å². The number of pyridine rings is 1. The molecule has 0 aliphatic rings. The van der Waals surface area contributed by atoms with Gasteiger partial charge in [-0.05, 0) is 15.9 Å². The summed E-state index contributed by atoms with van der Waals surface area (Å²) in [6, 6.07) is 1.39. The number of hydrogen-bond acceptors (Lipinski definition) is 5. The number of nitro groups is 1. The van der Waals surface area contributed by atoms with Crippen molar-refractivity contribution >= 4 is 21.6 Å². The van der Waals surface area contributed by atoms with Gasteiger partial charge in [0.15, 0.2) is 0 Å². The quantitative estimate of drug-likeness (QED) is 0.466. The highest BCUT2D eigenvalue weighted by molar-refractivity contribution is 9.10. The Kier molecular flexibility index (Phi) is 3.29. The van der Waals surface area contributed by atoms with E-state index in [4.69, 9.17) is 5.84 Å². The molecule has 0 aromatic carbocycles. The average Bonchev–Trinajstić information content (AvgIpc) is 2.08. The molecular formula is C6H7BrN4O2. The van der Waals surface area contributed by atoms with Gasteiger partial charge in [-0.3, -0.25) is 26.4 Å². The van der Waals surface area contributed by atoms with E-state index in [1.165, 1.54) is 12.3 Å². The zero-order valence-corrected chi connectivity index (χ0v) is 8.11. The molecule has 0 aliphatic carbocycles. The van der Waals surface area contributed by atoms with E-state index in [2.05, 4.69) is 26.3 Å². The average molecular weight is 247 g/mol.